The average molecular weight is 269 g/mol. The van der Waals surface area contributed by atoms with E-state index >= 15 is 0 Å². The van der Waals surface area contributed by atoms with Crippen LogP contribution >= 0.6 is 0 Å². The molecule has 1 heterocycles. The van der Waals surface area contributed by atoms with Crippen molar-refractivity contribution in [3.8, 4) is 11.5 Å². The molecule has 1 atom stereocenters. The van der Waals surface area contributed by atoms with Crippen LogP contribution in [-0.4, -0.2) is 30.7 Å². The third-order valence-corrected chi connectivity index (χ3v) is 3.95. The number of aromatic hydroxyl groups is 1. The van der Waals surface area contributed by atoms with Gasteiger partial charge in [-0.15, -0.1) is 0 Å². The van der Waals surface area contributed by atoms with Crippen LogP contribution in [0, 0.1) is 0 Å². The highest BCUT2D eigenvalue weighted by atomic mass is 16.5. The first-order valence-corrected chi connectivity index (χ1v) is 6.82. The van der Waals surface area contributed by atoms with Gasteiger partial charge in [-0.3, -0.25) is 0 Å². The molecule has 1 aliphatic rings. The molecule has 0 bridgehead atoms. The number of methoxy groups -OCH3 is 1. The molecule has 3 rings (SSSR count). The molecule has 1 aliphatic heterocycles. The molecule has 0 fully saturated rings. The maximum atomic E-state index is 9.97. The summed E-state index contributed by atoms with van der Waals surface area (Å²) in [5.41, 5.74) is 3.72. The number of phenolic OH excluding ortho intramolecular Hbond substituents is 1. The summed E-state index contributed by atoms with van der Waals surface area (Å²) in [4.78, 5) is 2.28. The zero-order valence-electron chi connectivity index (χ0n) is 11.8. The molecule has 0 radical (unpaired) electrons. The molecule has 1 N–H and O–H groups in total. The van der Waals surface area contributed by atoms with Crippen molar-refractivity contribution < 1.29 is 9.84 Å². The van der Waals surface area contributed by atoms with Crippen molar-refractivity contribution in [2.24, 2.45) is 0 Å². The molecular formula is C17H19NO2. The smallest absolute Gasteiger partial charge is 0.160 e. The van der Waals surface area contributed by atoms with Crippen molar-refractivity contribution in [3.63, 3.8) is 0 Å². The molecule has 3 nitrogen and oxygen atoms in total. The SMILES string of the molecule is COc1cc2c(cc1O)CN(C)CC2c1ccccc1. The zero-order valence-corrected chi connectivity index (χ0v) is 11.8. The van der Waals surface area contributed by atoms with Crippen molar-refractivity contribution in [2.75, 3.05) is 20.7 Å². The Hall–Kier alpha value is -2.00. The number of benzene rings is 2. The van der Waals surface area contributed by atoms with Crippen LogP contribution in [0.15, 0.2) is 42.5 Å². The van der Waals surface area contributed by atoms with E-state index in [1.54, 1.807) is 7.11 Å². The molecule has 0 saturated carbocycles. The van der Waals surface area contributed by atoms with Crippen molar-refractivity contribution in [2.45, 2.75) is 12.5 Å². The van der Waals surface area contributed by atoms with Gasteiger partial charge in [0, 0.05) is 19.0 Å². The van der Waals surface area contributed by atoms with E-state index in [4.69, 9.17) is 4.74 Å². The lowest BCUT2D eigenvalue weighted by Crippen LogP contribution is -2.30. The van der Waals surface area contributed by atoms with Gasteiger partial charge >= 0.3 is 0 Å². The number of fused-ring (bicyclic) bond motifs is 1. The number of hydrogen-bond acceptors (Lipinski definition) is 3. The van der Waals surface area contributed by atoms with Crippen LogP contribution in [0.3, 0.4) is 0 Å². The highest BCUT2D eigenvalue weighted by molar-refractivity contribution is 5.51. The Morgan fingerprint density at radius 2 is 1.95 bits per heavy atom. The van der Waals surface area contributed by atoms with Gasteiger partial charge in [-0.25, -0.2) is 0 Å². The molecule has 1 unspecified atom stereocenters. The van der Waals surface area contributed by atoms with Gasteiger partial charge in [0.05, 0.1) is 7.11 Å². The summed E-state index contributed by atoms with van der Waals surface area (Å²) in [5.74, 6) is 1.09. The first kappa shape index (κ1) is 13.0. The predicted octanol–water partition coefficient (Wildman–Crippen LogP) is 2.98. The van der Waals surface area contributed by atoms with Gasteiger partial charge < -0.3 is 14.7 Å². The molecule has 3 heteroatoms. The number of ether oxygens (including phenoxy) is 1. The summed E-state index contributed by atoms with van der Waals surface area (Å²) in [6.45, 7) is 1.83. The summed E-state index contributed by atoms with van der Waals surface area (Å²) in [6.07, 6.45) is 0. The van der Waals surface area contributed by atoms with E-state index in [1.165, 1.54) is 16.7 Å². The van der Waals surface area contributed by atoms with Crippen LogP contribution in [0.1, 0.15) is 22.6 Å². The Balaban J connectivity index is 2.11. The molecule has 0 saturated heterocycles. The summed E-state index contributed by atoms with van der Waals surface area (Å²) < 4.78 is 5.26. The molecule has 0 aromatic heterocycles. The average Bonchev–Trinajstić information content (AvgIpc) is 2.46. The molecule has 2 aromatic carbocycles. The Kier molecular flexibility index (Phi) is 3.36. The van der Waals surface area contributed by atoms with Crippen LogP contribution in [0.4, 0.5) is 0 Å². The number of likely N-dealkylation sites (N-methyl/N-ethyl adjacent to an activating group) is 1. The maximum Gasteiger partial charge on any atom is 0.160 e. The predicted molar refractivity (Wildman–Crippen MR) is 79.3 cm³/mol. The highest BCUT2D eigenvalue weighted by Gasteiger charge is 2.26. The second kappa shape index (κ2) is 5.17. The lowest BCUT2D eigenvalue weighted by Gasteiger charge is -2.33. The van der Waals surface area contributed by atoms with E-state index in [-0.39, 0.29) is 5.75 Å². The molecule has 0 aliphatic carbocycles. The second-order valence-electron chi connectivity index (χ2n) is 5.38. The fourth-order valence-electron chi connectivity index (χ4n) is 2.99. The first-order chi connectivity index (χ1) is 9.69. The van der Waals surface area contributed by atoms with Crippen molar-refractivity contribution in [1.29, 1.82) is 0 Å². The van der Waals surface area contributed by atoms with E-state index < -0.39 is 0 Å². The summed E-state index contributed by atoms with van der Waals surface area (Å²) >= 11 is 0. The van der Waals surface area contributed by atoms with E-state index in [1.807, 2.05) is 18.2 Å². The molecule has 2 aromatic rings. The minimum absolute atomic E-state index is 0.216. The lowest BCUT2D eigenvalue weighted by atomic mass is 9.84. The van der Waals surface area contributed by atoms with Gasteiger partial charge in [-0.05, 0) is 35.9 Å². The summed E-state index contributed by atoms with van der Waals surface area (Å²) in [7, 11) is 3.70. The third-order valence-electron chi connectivity index (χ3n) is 3.95. The fraction of sp³-hybridized carbons (Fsp3) is 0.294. The lowest BCUT2D eigenvalue weighted by molar-refractivity contribution is 0.292. The number of phenols is 1. The number of rotatable bonds is 2. The second-order valence-corrected chi connectivity index (χ2v) is 5.38. The standard InChI is InChI=1S/C17H19NO2/c1-18-10-13-8-16(19)17(20-2)9-14(13)15(11-18)12-6-4-3-5-7-12/h3-9,15,19H,10-11H2,1-2H3. The highest BCUT2D eigenvalue weighted by Crippen LogP contribution is 2.39. The zero-order chi connectivity index (χ0) is 14.1. The minimum atomic E-state index is 0.216. The van der Waals surface area contributed by atoms with Gasteiger partial charge in [0.15, 0.2) is 11.5 Å². The van der Waals surface area contributed by atoms with E-state index in [2.05, 4.69) is 36.2 Å². The number of nitrogens with zero attached hydrogens (tertiary/aromatic N) is 1. The van der Waals surface area contributed by atoms with E-state index in [9.17, 15) is 5.11 Å². The van der Waals surface area contributed by atoms with Crippen LogP contribution in [0.5, 0.6) is 11.5 Å². The Morgan fingerprint density at radius 3 is 2.65 bits per heavy atom. The summed E-state index contributed by atoms with van der Waals surface area (Å²) in [5, 5.41) is 9.97. The van der Waals surface area contributed by atoms with Crippen LogP contribution in [0.25, 0.3) is 0 Å². The van der Waals surface area contributed by atoms with Gasteiger partial charge in [-0.1, -0.05) is 30.3 Å². The van der Waals surface area contributed by atoms with Crippen LogP contribution in [0.2, 0.25) is 0 Å². The van der Waals surface area contributed by atoms with Crippen molar-refractivity contribution in [3.05, 3.63) is 59.2 Å². The Labute approximate surface area is 119 Å². The quantitative estimate of drug-likeness (QED) is 0.909. The largest absolute Gasteiger partial charge is 0.504 e. The maximum absolute atomic E-state index is 9.97. The van der Waals surface area contributed by atoms with Gasteiger partial charge in [0.25, 0.3) is 0 Å². The normalized spacial score (nSPS) is 18.6. The van der Waals surface area contributed by atoms with E-state index in [0.29, 0.717) is 11.7 Å². The molecular weight excluding hydrogens is 250 g/mol. The number of hydrogen-bond donors (Lipinski definition) is 1. The van der Waals surface area contributed by atoms with Gasteiger partial charge in [0.2, 0.25) is 0 Å². The minimum Gasteiger partial charge on any atom is -0.504 e. The molecule has 0 amide bonds. The van der Waals surface area contributed by atoms with Crippen LogP contribution in [-0.2, 0) is 6.54 Å². The topological polar surface area (TPSA) is 32.7 Å². The summed E-state index contributed by atoms with van der Waals surface area (Å²) in [6, 6.07) is 14.3. The first-order valence-electron chi connectivity index (χ1n) is 6.82. The fourth-order valence-corrected chi connectivity index (χ4v) is 2.99. The molecule has 104 valence electrons. The Bertz CT molecular complexity index is 610. The molecule has 20 heavy (non-hydrogen) atoms. The molecule has 0 spiro atoms. The Morgan fingerprint density at radius 1 is 1.20 bits per heavy atom. The van der Waals surface area contributed by atoms with E-state index in [0.717, 1.165) is 13.1 Å². The third kappa shape index (κ3) is 2.25. The van der Waals surface area contributed by atoms with Crippen molar-refractivity contribution in [1.82, 2.24) is 4.90 Å². The van der Waals surface area contributed by atoms with Gasteiger partial charge in [-0.2, -0.15) is 0 Å². The van der Waals surface area contributed by atoms with Crippen LogP contribution < -0.4 is 4.74 Å². The monoisotopic (exact) mass is 269 g/mol. The van der Waals surface area contributed by atoms with Gasteiger partial charge in [0.1, 0.15) is 0 Å². The van der Waals surface area contributed by atoms with Crippen molar-refractivity contribution >= 4 is 0 Å².